The molecule has 0 spiro atoms. The average Bonchev–Trinajstić information content (AvgIpc) is 3.32. The maximum atomic E-state index is 12.9. The van der Waals surface area contributed by atoms with E-state index in [2.05, 4.69) is 0 Å². The number of likely N-dealkylation sites (tertiary alicyclic amines) is 1. The van der Waals surface area contributed by atoms with Gasteiger partial charge in [0, 0.05) is 19.5 Å². The lowest BCUT2D eigenvalue weighted by Crippen LogP contribution is -2.31. The number of esters is 1. The third kappa shape index (κ3) is 4.11. The van der Waals surface area contributed by atoms with E-state index in [-0.39, 0.29) is 36.0 Å². The highest BCUT2D eigenvalue weighted by molar-refractivity contribution is 6.22. The van der Waals surface area contributed by atoms with Crippen LogP contribution in [0.25, 0.3) is 0 Å². The first-order chi connectivity index (χ1) is 16.4. The van der Waals surface area contributed by atoms with Crippen LogP contribution >= 0.6 is 0 Å². The molecule has 3 atom stereocenters. The molecule has 0 radical (unpaired) electrons. The molecule has 1 saturated carbocycles. The predicted molar refractivity (Wildman–Crippen MR) is 125 cm³/mol. The molecule has 1 aliphatic carbocycles. The first kappa shape index (κ1) is 22.3. The second-order valence-corrected chi connectivity index (χ2v) is 9.54. The van der Waals surface area contributed by atoms with Crippen LogP contribution in [-0.2, 0) is 25.7 Å². The van der Waals surface area contributed by atoms with Gasteiger partial charge in [0.15, 0.2) is 0 Å². The summed E-state index contributed by atoms with van der Waals surface area (Å²) in [6.45, 7) is 2.59. The van der Waals surface area contributed by atoms with Crippen molar-refractivity contribution in [3.05, 3.63) is 59.7 Å². The molecule has 3 amide bonds. The van der Waals surface area contributed by atoms with Gasteiger partial charge in [-0.1, -0.05) is 43.2 Å². The molecule has 2 aromatic rings. The fourth-order valence-corrected chi connectivity index (χ4v) is 5.43. The van der Waals surface area contributed by atoms with E-state index in [9.17, 15) is 19.2 Å². The lowest BCUT2D eigenvalue weighted by Gasteiger charge is -2.19. The van der Waals surface area contributed by atoms with Gasteiger partial charge in [-0.15, -0.1) is 0 Å². The Balaban J connectivity index is 1.25. The third-order valence-corrected chi connectivity index (χ3v) is 7.23. The number of carbonyl (C=O) groups is 4. The number of fused-ring (bicyclic) bond motifs is 1. The van der Waals surface area contributed by atoms with Crippen molar-refractivity contribution < 1.29 is 23.9 Å². The molecule has 2 aliphatic heterocycles. The zero-order chi connectivity index (χ0) is 23.8. The minimum Gasteiger partial charge on any atom is -0.426 e. The van der Waals surface area contributed by atoms with Gasteiger partial charge in [0.05, 0.1) is 23.4 Å². The van der Waals surface area contributed by atoms with Crippen molar-refractivity contribution >= 4 is 29.4 Å². The van der Waals surface area contributed by atoms with Crippen molar-refractivity contribution in [2.75, 3.05) is 11.4 Å². The van der Waals surface area contributed by atoms with Crippen molar-refractivity contribution in [2.45, 2.75) is 45.6 Å². The van der Waals surface area contributed by atoms with E-state index in [0.29, 0.717) is 30.1 Å². The van der Waals surface area contributed by atoms with E-state index >= 15 is 0 Å². The number of hydrogen-bond acceptors (Lipinski definition) is 5. The first-order valence-corrected chi connectivity index (χ1v) is 11.9. The molecule has 7 heteroatoms. The van der Waals surface area contributed by atoms with Crippen LogP contribution < -0.4 is 9.64 Å². The van der Waals surface area contributed by atoms with Crippen molar-refractivity contribution in [3.8, 4) is 5.75 Å². The zero-order valence-electron chi connectivity index (χ0n) is 19.2. The van der Waals surface area contributed by atoms with Crippen LogP contribution in [0.2, 0.25) is 0 Å². The highest BCUT2D eigenvalue weighted by Gasteiger charge is 2.49. The van der Waals surface area contributed by atoms with E-state index in [4.69, 9.17) is 4.74 Å². The smallest absolute Gasteiger partial charge is 0.316 e. The largest absolute Gasteiger partial charge is 0.426 e. The van der Waals surface area contributed by atoms with Gasteiger partial charge >= 0.3 is 5.97 Å². The minimum absolute atomic E-state index is 0.0649. The Kier molecular flexibility index (Phi) is 5.94. The number of anilines is 1. The summed E-state index contributed by atoms with van der Waals surface area (Å²) < 4.78 is 5.59. The normalized spacial score (nSPS) is 24.5. The average molecular weight is 461 g/mol. The topological polar surface area (TPSA) is 84.0 Å². The van der Waals surface area contributed by atoms with Crippen LogP contribution in [0.5, 0.6) is 5.75 Å². The number of hydrogen-bond donors (Lipinski definition) is 0. The van der Waals surface area contributed by atoms with Crippen LogP contribution in [0.3, 0.4) is 0 Å². The van der Waals surface area contributed by atoms with Crippen molar-refractivity contribution in [2.24, 2.45) is 17.8 Å². The Morgan fingerprint density at radius 1 is 0.971 bits per heavy atom. The van der Waals surface area contributed by atoms with Crippen LogP contribution in [0, 0.1) is 24.7 Å². The molecular formula is C27H28N2O5. The molecule has 3 aliphatic rings. The van der Waals surface area contributed by atoms with Crippen LogP contribution in [0.1, 0.15) is 43.2 Å². The summed E-state index contributed by atoms with van der Waals surface area (Å²) in [7, 11) is 0. The van der Waals surface area contributed by atoms with Crippen molar-refractivity contribution in [3.63, 3.8) is 0 Å². The summed E-state index contributed by atoms with van der Waals surface area (Å²) in [6, 6.07) is 14.6. The fourth-order valence-electron chi connectivity index (χ4n) is 5.43. The minimum atomic E-state index is -0.527. The summed E-state index contributed by atoms with van der Waals surface area (Å²) in [5.41, 5.74) is 2.26. The number of carbonyl (C=O) groups excluding carboxylic acids is 4. The summed E-state index contributed by atoms with van der Waals surface area (Å²) in [5.74, 6) is -1.36. The van der Waals surface area contributed by atoms with Crippen LogP contribution in [0.4, 0.5) is 5.69 Å². The van der Waals surface area contributed by atoms with E-state index in [1.54, 1.807) is 30.0 Å². The van der Waals surface area contributed by atoms with Gasteiger partial charge in [-0.25, -0.2) is 4.90 Å². The Morgan fingerprint density at radius 3 is 2.29 bits per heavy atom. The monoisotopic (exact) mass is 460 g/mol. The molecule has 7 nitrogen and oxygen atoms in total. The molecule has 176 valence electrons. The Hall–Kier alpha value is -3.48. The van der Waals surface area contributed by atoms with Gasteiger partial charge in [0.2, 0.25) is 17.7 Å². The third-order valence-electron chi connectivity index (χ3n) is 7.23. The second-order valence-electron chi connectivity index (χ2n) is 9.54. The van der Waals surface area contributed by atoms with Gasteiger partial charge in [0.1, 0.15) is 5.75 Å². The number of amides is 3. The molecule has 0 aromatic heterocycles. The molecule has 0 bridgehead atoms. The van der Waals surface area contributed by atoms with E-state index < -0.39 is 11.9 Å². The Morgan fingerprint density at radius 2 is 1.65 bits per heavy atom. The van der Waals surface area contributed by atoms with Crippen molar-refractivity contribution in [1.82, 2.24) is 4.90 Å². The van der Waals surface area contributed by atoms with E-state index in [0.717, 1.165) is 31.2 Å². The van der Waals surface area contributed by atoms with Crippen LogP contribution in [0.15, 0.2) is 48.5 Å². The predicted octanol–water partition coefficient (Wildman–Crippen LogP) is 3.63. The standard InChI is InChI=1S/C27H28N2O5/c1-17-13-20(11-12-23(17)29-25(31)21-9-5-6-10-22(21)26(29)32)34-27(33)19-14-24(30)28(16-19)15-18-7-3-2-4-8-18/h2-4,7-8,11-13,19,21-22H,5-6,9-10,14-16H2,1H3/t19-,21-,22-/m1/s1. The van der Waals surface area contributed by atoms with Crippen LogP contribution in [-0.4, -0.2) is 35.1 Å². The number of imide groups is 1. The van der Waals surface area contributed by atoms with Gasteiger partial charge in [-0.3, -0.25) is 19.2 Å². The molecule has 0 unspecified atom stereocenters. The molecule has 34 heavy (non-hydrogen) atoms. The molecule has 2 saturated heterocycles. The second kappa shape index (κ2) is 9.05. The highest BCUT2D eigenvalue weighted by Crippen LogP contribution is 2.41. The SMILES string of the molecule is Cc1cc(OC(=O)[C@@H]2CC(=O)N(Cc3ccccc3)C2)ccc1N1C(=O)[C@@H]2CCCC[C@H]2C1=O. The lowest BCUT2D eigenvalue weighted by atomic mass is 9.81. The van der Waals surface area contributed by atoms with Gasteiger partial charge in [0.25, 0.3) is 0 Å². The maximum absolute atomic E-state index is 12.9. The number of benzene rings is 2. The summed E-state index contributed by atoms with van der Waals surface area (Å²) in [4.78, 5) is 54.0. The summed E-state index contributed by atoms with van der Waals surface area (Å²) in [5, 5.41) is 0. The van der Waals surface area contributed by atoms with E-state index in [1.165, 1.54) is 4.90 Å². The summed E-state index contributed by atoms with van der Waals surface area (Å²) >= 11 is 0. The molecule has 2 aromatic carbocycles. The zero-order valence-corrected chi connectivity index (χ0v) is 19.2. The Labute approximate surface area is 198 Å². The molecule has 2 heterocycles. The Bertz CT molecular complexity index is 1120. The fraction of sp³-hybridized carbons (Fsp3) is 0.407. The first-order valence-electron chi connectivity index (χ1n) is 11.9. The highest BCUT2D eigenvalue weighted by atomic mass is 16.5. The molecule has 0 N–H and O–H groups in total. The van der Waals surface area contributed by atoms with Gasteiger partial charge in [-0.2, -0.15) is 0 Å². The number of rotatable bonds is 5. The molecule has 3 fully saturated rings. The molecular weight excluding hydrogens is 432 g/mol. The van der Waals surface area contributed by atoms with Gasteiger partial charge in [-0.05, 0) is 49.1 Å². The van der Waals surface area contributed by atoms with E-state index in [1.807, 2.05) is 30.3 Å². The quantitative estimate of drug-likeness (QED) is 0.387. The van der Waals surface area contributed by atoms with Gasteiger partial charge < -0.3 is 9.64 Å². The maximum Gasteiger partial charge on any atom is 0.316 e. The number of ether oxygens (including phenoxy) is 1. The van der Waals surface area contributed by atoms with Crippen molar-refractivity contribution in [1.29, 1.82) is 0 Å². The summed E-state index contributed by atoms with van der Waals surface area (Å²) in [6.07, 6.45) is 3.62. The molecule has 5 rings (SSSR count). The lowest BCUT2D eigenvalue weighted by molar-refractivity contribution is -0.139. The number of aryl methyl sites for hydroxylation is 1. The number of nitrogens with zero attached hydrogens (tertiary/aromatic N) is 2.